The van der Waals surface area contributed by atoms with Gasteiger partial charge in [0.1, 0.15) is 4.21 Å². The number of nitrogens with zero attached hydrogens (tertiary/aromatic N) is 1. The van der Waals surface area contributed by atoms with Crippen LogP contribution >= 0.6 is 11.3 Å². The maximum atomic E-state index is 12.3. The molecular formula is C15H17N3O4S2. The Morgan fingerprint density at radius 3 is 2.58 bits per heavy atom. The van der Waals surface area contributed by atoms with Gasteiger partial charge in [-0.25, -0.2) is 8.42 Å². The number of carbonyl (C=O) groups excluding carboxylic acids is 2. The summed E-state index contributed by atoms with van der Waals surface area (Å²) in [6, 6.07) is 9.51. The van der Waals surface area contributed by atoms with Gasteiger partial charge in [0.05, 0.1) is 6.54 Å². The van der Waals surface area contributed by atoms with Gasteiger partial charge in [-0.1, -0.05) is 12.1 Å². The van der Waals surface area contributed by atoms with Crippen molar-refractivity contribution in [1.82, 2.24) is 9.62 Å². The van der Waals surface area contributed by atoms with E-state index >= 15 is 0 Å². The van der Waals surface area contributed by atoms with Crippen LogP contribution in [-0.2, 0) is 14.8 Å². The Bertz CT molecular complexity index is 832. The molecule has 2 rings (SSSR count). The molecule has 0 aliphatic heterocycles. The van der Waals surface area contributed by atoms with Crippen LogP contribution in [0.25, 0.3) is 0 Å². The fourth-order valence-corrected chi connectivity index (χ4v) is 4.26. The van der Waals surface area contributed by atoms with Crippen molar-refractivity contribution in [3.63, 3.8) is 0 Å². The molecule has 0 unspecified atom stereocenters. The third-order valence-electron chi connectivity index (χ3n) is 3.16. The topological polar surface area (TPSA) is 95.6 Å². The molecule has 0 bridgehead atoms. The molecule has 24 heavy (non-hydrogen) atoms. The highest BCUT2D eigenvalue weighted by Gasteiger charge is 2.23. The molecule has 1 aromatic carbocycles. The van der Waals surface area contributed by atoms with Crippen molar-refractivity contribution in [1.29, 1.82) is 0 Å². The lowest BCUT2D eigenvalue weighted by molar-refractivity contribution is -0.116. The van der Waals surface area contributed by atoms with Crippen molar-refractivity contribution in [2.45, 2.75) is 4.21 Å². The van der Waals surface area contributed by atoms with Crippen LogP contribution in [0.2, 0.25) is 0 Å². The minimum Gasteiger partial charge on any atom is -0.355 e. The number of benzene rings is 1. The lowest BCUT2D eigenvalue weighted by atomic mass is 10.2. The number of thiophene rings is 1. The van der Waals surface area contributed by atoms with Gasteiger partial charge in [-0.15, -0.1) is 11.3 Å². The predicted octanol–water partition coefficient (Wildman–Crippen LogP) is 1.37. The van der Waals surface area contributed by atoms with Crippen molar-refractivity contribution in [3.8, 4) is 0 Å². The zero-order chi connectivity index (χ0) is 17.7. The molecule has 0 radical (unpaired) electrons. The molecule has 0 aliphatic rings. The molecule has 0 aliphatic carbocycles. The van der Waals surface area contributed by atoms with Gasteiger partial charge in [0.15, 0.2) is 0 Å². The number of carbonyl (C=O) groups is 2. The Kier molecular flexibility index (Phi) is 5.71. The van der Waals surface area contributed by atoms with Crippen molar-refractivity contribution in [3.05, 3.63) is 47.3 Å². The maximum Gasteiger partial charge on any atom is 0.252 e. The van der Waals surface area contributed by atoms with E-state index in [4.69, 9.17) is 0 Å². The van der Waals surface area contributed by atoms with Gasteiger partial charge in [-0.05, 0) is 29.6 Å². The predicted molar refractivity (Wildman–Crippen MR) is 92.6 cm³/mol. The molecule has 2 N–H and O–H groups in total. The first kappa shape index (κ1) is 18.1. The second kappa shape index (κ2) is 7.56. The summed E-state index contributed by atoms with van der Waals surface area (Å²) in [5.41, 5.74) is 0.817. The van der Waals surface area contributed by atoms with E-state index in [-0.39, 0.29) is 16.7 Å². The lowest BCUT2D eigenvalue weighted by Crippen LogP contribution is -2.34. The van der Waals surface area contributed by atoms with Gasteiger partial charge >= 0.3 is 0 Å². The Labute approximate surface area is 144 Å². The number of sulfonamides is 1. The average Bonchev–Trinajstić information content (AvgIpc) is 3.09. The van der Waals surface area contributed by atoms with Crippen molar-refractivity contribution in [2.75, 3.05) is 26.0 Å². The summed E-state index contributed by atoms with van der Waals surface area (Å²) in [6.07, 6.45) is 0. The number of nitrogens with one attached hydrogen (secondary N) is 2. The van der Waals surface area contributed by atoms with E-state index in [2.05, 4.69) is 10.6 Å². The van der Waals surface area contributed by atoms with Gasteiger partial charge in [0.2, 0.25) is 5.91 Å². The largest absolute Gasteiger partial charge is 0.355 e. The summed E-state index contributed by atoms with van der Waals surface area (Å²) in [5.74, 6) is -0.768. The zero-order valence-electron chi connectivity index (χ0n) is 13.1. The van der Waals surface area contributed by atoms with Crippen molar-refractivity contribution in [2.24, 2.45) is 0 Å². The highest BCUT2D eigenvalue weighted by molar-refractivity contribution is 7.91. The Morgan fingerprint density at radius 1 is 1.21 bits per heavy atom. The summed E-state index contributed by atoms with van der Waals surface area (Å²) >= 11 is 1.09. The molecule has 128 valence electrons. The van der Waals surface area contributed by atoms with Gasteiger partial charge in [-0.2, -0.15) is 4.31 Å². The molecule has 9 heteroatoms. The van der Waals surface area contributed by atoms with Crippen LogP contribution in [0.3, 0.4) is 0 Å². The molecule has 7 nitrogen and oxygen atoms in total. The van der Waals surface area contributed by atoms with E-state index in [1.54, 1.807) is 29.6 Å². The second-order valence-electron chi connectivity index (χ2n) is 4.90. The first-order valence-corrected chi connectivity index (χ1v) is 9.28. The molecule has 0 saturated carbocycles. The first-order valence-electron chi connectivity index (χ1n) is 6.96. The first-order chi connectivity index (χ1) is 11.3. The molecule has 1 heterocycles. The molecule has 0 spiro atoms. The number of amides is 2. The number of anilines is 1. The lowest BCUT2D eigenvalue weighted by Gasteiger charge is -2.15. The second-order valence-corrected chi connectivity index (χ2v) is 8.12. The summed E-state index contributed by atoms with van der Waals surface area (Å²) < 4.78 is 25.7. The molecule has 0 saturated heterocycles. The molecule has 2 aromatic rings. The number of rotatable bonds is 6. The number of hydrogen-bond acceptors (Lipinski definition) is 5. The maximum absolute atomic E-state index is 12.3. The minimum absolute atomic E-state index is 0.180. The Morgan fingerprint density at radius 2 is 1.96 bits per heavy atom. The van der Waals surface area contributed by atoms with Crippen LogP contribution in [0.15, 0.2) is 46.0 Å². The molecule has 2 amide bonds. The van der Waals surface area contributed by atoms with Crippen molar-refractivity contribution < 1.29 is 18.0 Å². The smallest absolute Gasteiger partial charge is 0.252 e. The van der Waals surface area contributed by atoms with Crippen LogP contribution in [-0.4, -0.2) is 45.2 Å². The fourth-order valence-electron chi connectivity index (χ4n) is 1.93. The van der Waals surface area contributed by atoms with E-state index in [1.165, 1.54) is 26.2 Å². The van der Waals surface area contributed by atoms with E-state index in [9.17, 15) is 18.0 Å². The van der Waals surface area contributed by atoms with Gasteiger partial charge < -0.3 is 10.6 Å². The molecular weight excluding hydrogens is 350 g/mol. The average molecular weight is 367 g/mol. The SMILES string of the molecule is CNC(=O)c1cccc(NC(=O)CN(C)S(=O)(=O)c2cccs2)c1. The summed E-state index contributed by atoms with van der Waals surface area (Å²) in [5, 5.41) is 6.74. The molecule has 0 atom stereocenters. The van der Waals surface area contributed by atoms with Gasteiger partial charge in [0, 0.05) is 25.3 Å². The monoisotopic (exact) mass is 367 g/mol. The normalized spacial score (nSPS) is 11.3. The van der Waals surface area contributed by atoms with E-state index in [0.29, 0.717) is 11.3 Å². The standard InChI is InChI=1S/C15H17N3O4S2/c1-16-15(20)11-5-3-6-12(9-11)17-13(19)10-18(2)24(21,22)14-7-4-8-23-14/h3-9H,10H2,1-2H3,(H,16,20)(H,17,19). The molecule has 1 aromatic heterocycles. The number of hydrogen-bond donors (Lipinski definition) is 2. The van der Waals surface area contributed by atoms with Crippen LogP contribution in [0.5, 0.6) is 0 Å². The summed E-state index contributed by atoms with van der Waals surface area (Å²) in [6.45, 7) is -0.329. The van der Waals surface area contributed by atoms with E-state index in [0.717, 1.165) is 15.6 Å². The van der Waals surface area contributed by atoms with E-state index in [1.807, 2.05) is 0 Å². The zero-order valence-corrected chi connectivity index (χ0v) is 14.8. The van der Waals surface area contributed by atoms with E-state index < -0.39 is 15.9 Å². The third kappa shape index (κ3) is 4.19. The van der Waals surface area contributed by atoms with Gasteiger partial charge in [-0.3, -0.25) is 9.59 Å². The van der Waals surface area contributed by atoms with Crippen LogP contribution < -0.4 is 10.6 Å². The highest BCUT2D eigenvalue weighted by Crippen LogP contribution is 2.19. The van der Waals surface area contributed by atoms with Crippen LogP contribution in [0.1, 0.15) is 10.4 Å². The fraction of sp³-hybridized carbons (Fsp3) is 0.200. The third-order valence-corrected chi connectivity index (χ3v) is 6.34. The van der Waals surface area contributed by atoms with Crippen LogP contribution in [0, 0.1) is 0 Å². The number of likely N-dealkylation sites (N-methyl/N-ethyl adjacent to an activating group) is 1. The quantitative estimate of drug-likeness (QED) is 0.806. The molecule has 0 fully saturated rings. The minimum atomic E-state index is -3.68. The van der Waals surface area contributed by atoms with Crippen molar-refractivity contribution >= 4 is 38.9 Å². The Balaban J connectivity index is 2.04. The van der Waals surface area contributed by atoms with Crippen LogP contribution in [0.4, 0.5) is 5.69 Å². The highest BCUT2D eigenvalue weighted by atomic mass is 32.2. The van der Waals surface area contributed by atoms with Gasteiger partial charge in [0.25, 0.3) is 15.9 Å². The Hall–Kier alpha value is -2.23. The summed E-state index contributed by atoms with van der Waals surface area (Å²) in [7, 11) is -0.827. The summed E-state index contributed by atoms with van der Waals surface area (Å²) in [4.78, 5) is 23.7.